The zero-order valence-corrected chi connectivity index (χ0v) is 16.4. The van der Waals surface area contributed by atoms with Gasteiger partial charge in [0, 0.05) is 48.9 Å². The van der Waals surface area contributed by atoms with Crippen LogP contribution in [0.15, 0.2) is 54.0 Å². The molecule has 1 aromatic carbocycles. The minimum absolute atomic E-state index is 0.244. The lowest BCUT2D eigenvalue weighted by molar-refractivity contribution is -0.0174. The standard InChI is InChI=1S/C20H20ClF2N5/c1-3-20(22,23)13-28(2)19(10-16-11-24-6-7-25-16)27-17-9-14-8-15(21)4-5-18(14)26-12-17/h4-9,11-12H,3,10,13H2,1-2H3/b27-19-. The summed E-state index contributed by atoms with van der Waals surface area (Å²) in [7, 11) is 1.60. The maximum atomic E-state index is 13.9. The van der Waals surface area contributed by atoms with Gasteiger partial charge in [0.05, 0.1) is 29.6 Å². The van der Waals surface area contributed by atoms with Gasteiger partial charge >= 0.3 is 0 Å². The number of halogens is 3. The van der Waals surface area contributed by atoms with Crippen LogP contribution in [0.4, 0.5) is 14.5 Å². The molecule has 3 aromatic rings. The fourth-order valence-corrected chi connectivity index (χ4v) is 2.87. The van der Waals surface area contributed by atoms with Gasteiger partial charge < -0.3 is 4.90 Å². The summed E-state index contributed by atoms with van der Waals surface area (Å²) in [6, 6.07) is 7.20. The molecule has 0 saturated heterocycles. The molecule has 0 unspecified atom stereocenters. The first kappa shape index (κ1) is 20.1. The first-order valence-corrected chi connectivity index (χ1v) is 9.21. The van der Waals surface area contributed by atoms with Crippen LogP contribution in [-0.4, -0.2) is 45.2 Å². The zero-order valence-electron chi connectivity index (χ0n) is 15.6. The number of aromatic nitrogens is 3. The Kier molecular flexibility index (Phi) is 6.14. The molecule has 0 atom stereocenters. The molecule has 0 amide bonds. The van der Waals surface area contributed by atoms with Gasteiger partial charge in [-0.15, -0.1) is 0 Å². The van der Waals surface area contributed by atoms with Crippen LogP contribution in [0.3, 0.4) is 0 Å². The van der Waals surface area contributed by atoms with Crippen molar-refractivity contribution in [1.29, 1.82) is 0 Å². The normalized spacial score (nSPS) is 12.4. The quantitative estimate of drug-likeness (QED) is 0.432. The highest BCUT2D eigenvalue weighted by Crippen LogP contribution is 2.24. The van der Waals surface area contributed by atoms with E-state index >= 15 is 0 Å². The molecule has 8 heteroatoms. The van der Waals surface area contributed by atoms with Gasteiger partial charge in [-0.1, -0.05) is 18.5 Å². The Labute approximate surface area is 167 Å². The number of fused-ring (bicyclic) bond motifs is 1. The van der Waals surface area contributed by atoms with Crippen LogP contribution in [0.2, 0.25) is 5.02 Å². The van der Waals surface area contributed by atoms with E-state index in [0.29, 0.717) is 22.2 Å². The molecule has 0 radical (unpaired) electrons. The van der Waals surface area contributed by atoms with Crippen molar-refractivity contribution in [2.45, 2.75) is 25.7 Å². The molecular weight excluding hydrogens is 384 g/mol. The van der Waals surface area contributed by atoms with Crippen LogP contribution in [0.25, 0.3) is 10.9 Å². The number of rotatable bonds is 6. The Bertz CT molecular complexity index is 979. The number of aliphatic imine (C=N–C) groups is 1. The van der Waals surface area contributed by atoms with E-state index in [1.54, 1.807) is 44.0 Å². The molecule has 0 fully saturated rings. The molecule has 0 aliphatic heterocycles. The Morgan fingerprint density at radius 2 is 2.00 bits per heavy atom. The van der Waals surface area contributed by atoms with E-state index in [1.165, 1.54) is 11.8 Å². The lowest BCUT2D eigenvalue weighted by atomic mass is 10.2. The highest BCUT2D eigenvalue weighted by Gasteiger charge is 2.29. The van der Waals surface area contributed by atoms with E-state index in [9.17, 15) is 8.78 Å². The number of benzene rings is 1. The minimum Gasteiger partial charge on any atom is -0.357 e. The lowest BCUT2D eigenvalue weighted by Crippen LogP contribution is -2.38. The summed E-state index contributed by atoms with van der Waals surface area (Å²) in [6.07, 6.45) is 6.36. The molecule has 0 bridgehead atoms. The van der Waals surface area contributed by atoms with Crippen LogP contribution in [0.1, 0.15) is 19.0 Å². The van der Waals surface area contributed by atoms with Gasteiger partial charge in [0.25, 0.3) is 5.92 Å². The molecule has 5 nitrogen and oxygen atoms in total. The average Bonchev–Trinajstić information content (AvgIpc) is 2.67. The monoisotopic (exact) mass is 403 g/mol. The minimum atomic E-state index is -2.81. The summed E-state index contributed by atoms with van der Waals surface area (Å²) in [6.45, 7) is 1.03. The van der Waals surface area contributed by atoms with Crippen LogP contribution >= 0.6 is 11.6 Å². The summed E-state index contributed by atoms with van der Waals surface area (Å²) in [5.74, 6) is -2.36. The van der Waals surface area contributed by atoms with E-state index in [-0.39, 0.29) is 12.8 Å². The largest absolute Gasteiger partial charge is 0.357 e. The number of amidine groups is 1. The van der Waals surface area contributed by atoms with Gasteiger partial charge in [0.15, 0.2) is 0 Å². The smallest absolute Gasteiger partial charge is 0.265 e. The average molecular weight is 404 g/mol. The van der Waals surface area contributed by atoms with Crippen LogP contribution in [0, 0.1) is 0 Å². The van der Waals surface area contributed by atoms with Gasteiger partial charge in [-0.05, 0) is 24.3 Å². The maximum Gasteiger partial charge on any atom is 0.265 e. The molecule has 146 valence electrons. The second-order valence-electron chi connectivity index (χ2n) is 6.50. The molecule has 0 spiro atoms. The van der Waals surface area contributed by atoms with Gasteiger partial charge in [0.2, 0.25) is 0 Å². The molecular formula is C20H20ClF2N5. The molecule has 0 aliphatic carbocycles. The maximum absolute atomic E-state index is 13.9. The number of likely N-dealkylation sites (N-methyl/N-ethyl adjacent to an activating group) is 1. The summed E-state index contributed by atoms with van der Waals surface area (Å²) in [5, 5.41) is 1.42. The van der Waals surface area contributed by atoms with Crippen LogP contribution in [-0.2, 0) is 6.42 Å². The lowest BCUT2D eigenvalue weighted by Gasteiger charge is -2.26. The summed E-state index contributed by atoms with van der Waals surface area (Å²) < 4.78 is 27.9. The molecule has 2 heterocycles. The summed E-state index contributed by atoms with van der Waals surface area (Å²) in [4.78, 5) is 18.7. The van der Waals surface area contributed by atoms with Crippen molar-refractivity contribution in [3.05, 3.63) is 59.8 Å². The van der Waals surface area contributed by atoms with Crippen molar-refractivity contribution in [2.24, 2.45) is 4.99 Å². The van der Waals surface area contributed by atoms with Gasteiger partial charge in [-0.2, -0.15) is 0 Å². The molecule has 0 N–H and O–H groups in total. The second-order valence-corrected chi connectivity index (χ2v) is 6.93. The van der Waals surface area contributed by atoms with Gasteiger partial charge in [-0.25, -0.2) is 13.8 Å². The van der Waals surface area contributed by atoms with Crippen LogP contribution in [0.5, 0.6) is 0 Å². The first-order valence-electron chi connectivity index (χ1n) is 8.83. The fourth-order valence-electron chi connectivity index (χ4n) is 2.69. The van der Waals surface area contributed by atoms with Gasteiger partial charge in [0.1, 0.15) is 5.84 Å². The third-order valence-corrected chi connectivity index (χ3v) is 4.50. The SMILES string of the molecule is CCC(F)(F)CN(C)/C(Cc1cnccn1)=N\c1cnc2ccc(Cl)cc2c1. The number of pyridine rings is 1. The van der Waals surface area contributed by atoms with E-state index in [2.05, 4.69) is 19.9 Å². The third kappa shape index (κ3) is 5.19. The van der Waals surface area contributed by atoms with E-state index in [4.69, 9.17) is 11.6 Å². The van der Waals surface area contributed by atoms with Crippen molar-refractivity contribution >= 4 is 34.0 Å². The zero-order chi connectivity index (χ0) is 20.1. The number of alkyl halides is 2. The van der Waals surface area contributed by atoms with E-state index in [0.717, 1.165) is 10.9 Å². The molecule has 0 aliphatic rings. The number of nitrogens with zero attached hydrogens (tertiary/aromatic N) is 5. The van der Waals surface area contributed by atoms with Crippen molar-refractivity contribution < 1.29 is 8.78 Å². The first-order chi connectivity index (χ1) is 13.4. The Morgan fingerprint density at radius 3 is 2.71 bits per heavy atom. The van der Waals surface area contributed by atoms with Crippen molar-refractivity contribution in [3.8, 4) is 0 Å². The van der Waals surface area contributed by atoms with Crippen LogP contribution < -0.4 is 0 Å². The Morgan fingerprint density at radius 1 is 1.18 bits per heavy atom. The second kappa shape index (κ2) is 8.56. The summed E-state index contributed by atoms with van der Waals surface area (Å²) >= 11 is 6.05. The Balaban J connectivity index is 1.97. The van der Waals surface area contributed by atoms with E-state index < -0.39 is 12.5 Å². The highest BCUT2D eigenvalue weighted by molar-refractivity contribution is 6.31. The summed E-state index contributed by atoms with van der Waals surface area (Å²) in [5.41, 5.74) is 1.98. The van der Waals surface area contributed by atoms with E-state index in [1.807, 2.05) is 12.1 Å². The molecule has 28 heavy (non-hydrogen) atoms. The molecule has 0 saturated carbocycles. The number of hydrogen-bond acceptors (Lipinski definition) is 4. The van der Waals surface area contributed by atoms with Crippen molar-refractivity contribution in [3.63, 3.8) is 0 Å². The Hall–Kier alpha value is -2.67. The molecule has 3 rings (SSSR count). The van der Waals surface area contributed by atoms with Crippen molar-refractivity contribution in [2.75, 3.05) is 13.6 Å². The number of hydrogen-bond donors (Lipinski definition) is 0. The highest BCUT2D eigenvalue weighted by atomic mass is 35.5. The third-order valence-electron chi connectivity index (χ3n) is 4.27. The predicted octanol–water partition coefficient (Wildman–Crippen LogP) is 4.93. The topological polar surface area (TPSA) is 54.3 Å². The predicted molar refractivity (Wildman–Crippen MR) is 107 cm³/mol. The molecule has 2 aromatic heterocycles. The van der Waals surface area contributed by atoms with Gasteiger partial charge in [-0.3, -0.25) is 15.0 Å². The fraction of sp³-hybridized carbons (Fsp3) is 0.300. The van der Waals surface area contributed by atoms with Crippen molar-refractivity contribution in [1.82, 2.24) is 19.9 Å².